The fourth-order valence-electron chi connectivity index (χ4n) is 6.70. The van der Waals surface area contributed by atoms with E-state index in [1.54, 1.807) is 0 Å². The van der Waals surface area contributed by atoms with Crippen LogP contribution in [0.4, 0.5) is 0 Å². The zero-order valence-electron chi connectivity index (χ0n) is 32.3. The number of carbonyl (C=O) groups is 1. The van der Waals surface area contributed by atoms with E-state index in [2.05, 4.69) is 23.3 Å². The maximum absolute atomic E-state index is 13.0. The number of rotatable bonds is 34. The molecule has 1 rings (SSSR count). The zero-order valence-corrected chi connectivity index (χ0v) is 33.1. The lowest BCUT2D eigenvalue weighted by Crippen LogP contribution is -2.61. The van der Waals surface area contributed by atoms with E-state index in [1.165, 1.54) is 89.9 Å². The number of hydrogen-bond acceptors (Lipinski definition) is 11. The van der Waals surface area contributed by atoms with Crippen LogP contribution in [0.3, 0.4) is 0 Å². The first kappa shape index (κ1) is 49.1. The van der Waals surface area contributed by atoms with Crippen molar-refractivity contribution < 1.29 is 57.0 Å². The lowest BCUT2D eigenvalue weighted by Gasteiger charge is -2.41. The molecule has 8 atom stereocenters. The highest BCUT2D eigenvalue weighted by atomic mass is 32.3. The van der Waals surface area contributed by atoms with Crippen molar-refractivity contribution in [3.8, 4) is 0 Å². The van der Waals surface area contributed by atoms with E-state index in [0.717, 1.165) is 44.9 Å². The van der Waals surface area contributed by atoms with Crippen LogP contribution in [0.1, 0.15) is 174 Å². The second-order valence-electron chi connectivity index (χ2n) is 14.7. The number of hydrogen-bond donors (Lipinski definition) is 7. The third-order valence-electron chi connectivity index (χ3n) is 10.0. The molecule has 8 unspecified atom stereocenters. The van der Waals surface area contributed by atoms with Crippen molar-refractivity contribution in [2.24, 2.45) is 0 Å². The highest BCUT2D eigenvalue weighted by Gasteiger charge is 2.48. The molecule has 52 heavy (non-hydrogen) atoms. The Balaban J connectivity index is 2.57. The normalized spacial score (nSPS) is 22.7. The van der Waals surface area contributed by atoms with Crippen molar-refractivity contribution >= 4 is 16.3 Å². The van der Waals surface area contributed by atoms with E-state index in [4.69, 9.17) is 14.0 Å². The van der Waals surface area contributed by atoms with Crippen LogP contribution >= 0.6 is 0 Å². The van der Waals surface area contributed by atoms with Gasteiger partial charge in [0.2, 0.25) is 5.91 Å². The van der Waals surface area contributed by atoms with Gasteiger partial charge in [-0.2, -0.15) is 8.42 Å². The fourth-order valence-corrected chi connectivity index (χ4v) is 7.21. The van der Waals surface area contributed by atoms with Crippen LogP contribution in [0.15, 0.2) is 0 Å². The summed E-state index contributed by atoms with van der Waals surface area (Å²) in [6.45, 7) is 3.21. The highest BCUT2D eigenvalue weighted by molar-refractivity contribution is 7.80. The molecule has 1 amide bonds. The molecule has 0 spiro atoms. The largest absolute Gasteiger partial charge is 0.397 e. The predicted molar refractivity (Wildman–Crippen MR) is 201 cm³/mol. The summed E-state index contributed by atoms with van der Waals surface area (Å²) < 4.78 is 47.3. The minimum absolute atomic E-state index is 0.265. The summed E-state index contributed by atoms with van der Waals surface area (Å²) in [4.78, 5) is 13.0. The molecular formula is C38H75NO12S. The SMILES string of the molecule is CCCCCCCCCCCCCCCCCC(O)C(=O)NC(COC1OC(CO)C(O)C(OS(=O)(=O)O)C1O)C(O)CCCCCCCCCC. The third-order valence-corrected chi connectivity index (χ3v) is 10.5. The van der Waals surface area contributed by atoms with Gasteiger partial charge in [0, 0.05) is 0 Å². The van der Waals surface area contributed by atoms with Gasteiger partial charge < -0.3 is 40.3 Å². The van der Waals surface area contributed by atoms with E-state index in [9.17, 15) is 38.7 Å². The molecule has 1 heterocycles. The summed E-state index contributed by atoms with van der Waals surface area (Å²) in [5.41, 5.74) is 0. The predicted octanol–water partition coefficient (Wildman–Crippen LogP) is 5.63. The minimum Gasteiger partial charge on any atom is -0.394 e. The van der Waals surface area contributed by atoms with Gasteiger partial charge >= 0.3 is 10.4 Å². The number of ether oxygens (including phenoxy) is 2. The molecule has 13 nitrogen and oxygen atoms in total. The van der Waals surface area contributed by atoms with E-state index < -0.39 is 78.5 Å². The van der Waals surface area contributed by atoms with Crippen LogP contribution in [-0.4, -0.2) is 107 Å². The Morgan fingerprint density at radius 1 is 0.692 bits per heavy atom. The summed E-state index contributed by atoms with van der Waals surface area (Å²) in [5, 5.41) is 55.0. The summed E-state index contributed by atoms with van der Waals surface area (Å²) in [5.74, 6) is -0.671. The van der Waals surface area contributed by atoms with Crippen LogP contribution in [0, 0.1) is 0 Å². The van der Waals surface area contributed by atoms with Gasteiger partial charge in [-0.15, -0.1) is 0 Å². The molecule has 1 aliphatic heterocycles. The molecule has 14 heteroatoms. The Morgan fingerprint density at radius 3 is 1.54 bits per heavy atom. The van der Waals surface area contributed by atoms with Crippen molar-refractivity contribution in [2.45, 2.75) is 223 Å². The van der Waals surface area contributed by atoms with Crippen molar-refractivity contribution in [1.82, 2.24) is 5.32 Å². The van der Waals surface area contributed by atoms with E-state index >= 15 is 0 Å². The first-order chi connectivity index (χ1) is 24.9. The lowest BCUT2D eigenvalue weighted by molar-refractivity contribution is -0.298. The Labute approximate surface area is 314 Å². The molecule has 0 aliphatic carbocycles. The molecule has 0 radical (unpaired) electrons. The fraction of sp³-hybridized carbons (Fsp3) is 0.974. The first-order valence-corrected chi connectivity index (χ1v) is 21.9. The number of amides is 1. The number of nitrogens with one attached hydrogen (secondary N) is 1. The van der Waals surface area contributed by atoms with Gasteiger partial charge in [0.25, 0.3) is 0 Å². The Hall–Kier alpha value is -0.940. The molecule has 1 aliphatic rings. The van der Waals surface area contributed by atoms with Crippen molar-refractivity contribution in [3.05, 3.63) is 0 Å². The van der Waals surface area contributed by atoms with Crippen LogP contribution in [0.2, 0.25) is 0 Å². The molecule has 0 saturated carbocycles. The van der Waals surface area contributed by atoms with Crippen molar-refractivity contribution in [1.29, 1.82) is 0 Å². The number of carbonyl (C=O) groups excluding carboxylic acids is 1. The van der Waals surface area contributed by atoms with Gasteiger partial charge in [0.15, 0.2) is 6.29 Å². The molecule has 7 N–H and O–H groups in total. The summed E-state index contributed by atoms with van der Waals surface area (Å²) in [7, 11) is -5.10. The van der Waals surface area contributed by atoms with Crippen molar-refractivity contribution in [2.75, 3.05) is 13.2 Å². The molecule has 310 valence electrons. The standard InChI is InChI=1S/C38H75NO12S/c1-3-5-7-9-11-13-14-15-16-17-18-19-21-23-25-27-32(42)37(45)39-30(31(41)26-24-22-20-12-10-8-6-4-2)29-49-38-35(44)36(51-52(46,47)48)34(43)33(28-40)50-38/h30-36,38,40-44H,3-29H2,1-2H3,(H,39,45)(H,46,47,48). The van der Waals surface area contributed by atoms with Gasteiger partial charge in [-0.3, -0.25) is 9.35 Å². The Morgan fingerprint density at radius 2 is 1.12 bits per heavy atom. The number of aliphatic hydroxyl groups is 5. The highest BCUT2D eigenvalue weighted by Crippen LogP contribution is 2.26. The zero-order chi connectivity index (χ0) is 38.6. The number of unbranched alkanes of at least 4 members (excludes halogenated alkanes) is 21. The molecule has 0 aromatic rings. The maximum atomic E-state index is 13.0. The average Bonchev–Trinajstić information content (AvgIpc) is 3.11. The molecular weight excluding hydrogens is 694 g/mol. The Kier molecular flexibility index (Phi) is 28.6. The van der Waals surface area contributed by atoms with Gasteiger partial charge in [0.1, 0.15) is 30.5 Å². The molecule has 0 aromatic carbocycles. The Bertz CT molecular complexity index is 974. The van der Waals surface area contributed by atoms with Gasteiger partial charge in [-0.05, 0) is 12.8 Å². The number of aliphatic hydroxyl groups excluding tert-OH is 5. The lowest BCUT2D eigenvalue weighted by atomic mass is 9.99. The van der Waals surface area contributed by atoms with Gasteiger partial charge in [-0.25, -0.2) is 4.18 Å². The minimum atomic E-state index is -5.10. The van der Waals surface area contributed by atoms with Crippen LogP contribution < -0.4 is 5.32 Å². The molecule has 0 bridgehead atoms. The quantitative estimate of drug-likeness (QED) is 0.0314. The topological polar surface area (TPSA) is 212 Å². The summed E-state index contributed by atoms with van der Waals surface area (Å²) in [6, 6.07) is -1.02. The maximum Gasteiger partial charge on any atom is 0.397 e. The molecule has 1 saturated heterocycles. The van der Waals surface area contributed by atoms with E-state index in [0.29, 0.717) is 19.3 Å². The third kappa shape index (κ3) is 23.1. The monoisotopic (exact) mass is 770 g/mol. The summed E-state index contributed by atoms with van der Waals surface area (Å²) in [6.07, 6.45) is 16.1. The van der Waals surface area contributed by atoms with Crippen molar-refractivity contribution in [3.63, 3.8) is 0 Å². The van der Waals surface area contributed by atoms with Gasteiger partial charge in [-0.1, -0.05) is 162 Å². The molecule has 1 fully saturated rings. The summed E-state index contributed by atoms with van der Waals surface area (Å²) >= 11 is 0. The average molecular weight is 770 g/mol. The van der Waals surface area contributed by atoms with Crippen LogP contribution in [0.25, 0.3) is 0 Å². The second-order valence-corrected chi connectivity index (χ2v) is 15.8. The van der Waals surface area contributed by atoms with E-state index in [1.807, 2.05) is 0 Å². The first-order valence-electron chi connectivity index (χ1n) is 20.5. The second kappa shape index (κ2) is 30.3. The van der Waals surface area contributed by atoms with Gasteiger partial charge in [0.05, 0.1) is 25.4 Å². The van der Waals surface area contributed by atoms with Crippen LogP contribution in [0.5, 0.6) is 0 Å². The van der Waals surface area contributed by atoms with Crippen LogP contribution in [-0.2, 0) is 28.9 Å². The molecule has 0 aromatic heterocycles. The van der Waals surface area contributed by atoms with E-state index in [-0.39, 0.29) is 6.42 Å². The smallest absolute Gasteiger partial charge is 0.394 e.